The van der Waals surface area contributed by atoms with Crippen molar-refractivity contribution in [3.05, 3.63) is 86.0 Å². The molecule has 1 aliphatic heterocycles. The molecule has 0 fully saturated rings. The fourth-order valence-electron chi connectivity index (χ4n) is 3.79. The normalized spacial score (nSPS) is 16.7. The minimum Gasteiger partial charge on any atom is -0.493 e. The smallest absolute Gasteiger partial charge is 0.345 e. The Balaban J connectivity index is 1.75. The van der Waals surface area contributed by atoms with Gasteiger partial charge in [0.15, 0.2) is 5.78 Å². The molecule has 0 saturated heterocycles. The summed E-state index contributed by atoms with van der Waals surface area (Å²) in [5.74, 6) is -0.548. The van der Waals surface area contributed by atoms with Gasteiger partial charge in [0.05, 0.1) is 11.6 Å². The lowest BCUT2D eigenvalue weighted by Gasteiger charge is -2.25. The molecular weight excluding hydrogens is 493 g/mol. The number of aromatic carboxylic acids is 1. The van der Waals surface area contributed by atoms with Crippen LogP contribution in [0.3, 0.4) is 0 Å². The molecule has 3 aromatic rings. The highest BCUT2D eigenvalue weighted by atomic mass is 35.5. The quantitative estimate of drug-likeness (QED) is 0.312. The Morgan fingerprint density at radius 3 is 2.59 bits per heavy atom. The molecule has 0 saturated carbocycles. The summed E-state index contributed by atoms with van der Waals surface area (Å²) in [7, 11) is 0. The third-order valence-corrected chi connectivity index (χ3v) is 6.92. The van der Waals surface area contributed by atoms with Crippen LogP contribution in [0.1, 0.15) is 38.9 Å². The van der Waals surface area contributed by atoms with Gasteiger partial charge in [0.25, 0.3) is 0 Å². The summed E-state index contributed by atoms with van der Waals surface area (Å²) in [5.41, 5.74) is 1.57. The van der Waals surface area contributed by atoms with Crippen molar-refractivity contribution in [1.29, 1.82) is 0 Å². The van der Waals surface area contributed by atoms with E-state index in [2.05, 4.69) is 4.99 Å². The summed E-state index contributed by atoms with van der Waals surface area (Å²) in [5, 5.41) is 11.8. The number of halogens is 2. The monoisotopic (exact) mass is 513 g/mol. The number of benzene rings is 2. The number of nitrogens with zero attached hydrogens (tertiary/aromatic N) is 1. The van der Waals surface area contributed by atoms with E-state index in [9.17, 15) is 14.7 Å². The molecule has 2 aromatic carbocycles. The highest BCUT2D eigenvalue weighted by Gasteiger charge is 2.39. The predicted octanol–water partition coefficient (Wildman–Crippen LogP) is 7.01. The average Bonchev–Trinajstić information content (AvgIpc) is 3.49. The second kappa shape index (κ2) is 10.1. The van der Waals surface area contributed by atoms with Crippen LogP contribution in [0.5, 0.6) is 5.75 Å². The molecule has 1 unspecified atom stereocenters. The van der Waals surface area contributed by atoms with Gasteiger partial charge in [-0.25, -0.2) is 4.79 Å². The second-order valence-electron chi connectivity index (χ2n) is 7.87. The SMILES string of the molecule is CCCOc1ccc(-c2csc(C(=O)O)c2)cc1CC1(C(=O)c2ccc(Cl)cc2Cl)C=CC=N1. The van der Waals surface area contributed by atoms with Gasteiger partial charge in [-0.3, -0.25) is 9.79 Å². The lowest BCUT2D eigenvalue weighted by molar-refractivity contribution is 0.0702. The molecule has 1 atom stereocenters. The number of hydrogen-bond acceptors (Lipinski definition) is 5. The Bertz CT molecular complexity index is 1300. The Morgan fingerprint density at radius 2 is 1.94 bits per heavy atom. The molecule has 0 bridgehead atoms. The van der Waals surface area contributed by atoms with E-state index < -0.39 is 11.5 Å². The summed E-state index contributed by atoms with van der Waals surface area (Å²) in [6.45, 7) is 2.54. The molecule has 0 spiro atoms. The predicted molar refractivity (Wildman–Crippen MR) is 137 cm³/mol. The van der Waals surface area contributed by atoms with Gasteiger partial charge in [-0.15, -0.1) is 11.3 Å². The molecular formula is C26H21Cl2NO4S. The maximum atomic E-state index is 13.7. The highest BCUT2D eigenvalue weighted by molar-refractivity contribution is 7.12. The van der Waals surface area contributed by atoms with E-state index in [1.54, 1.807) is 48.0 Å². The maximum Gasteiger partial charge on any atom is 0.345 e. The summed E-state index contributed by atoms with van der Waals surface area (Å²) in [6.07, 6.45) is 6.20. The van der Waals surface area contributed by atoms with Crippen LogP contribution in [0.25, 0.3) is 11.1 Å². The van der Waals surface area contributed by atoms with E-state index in [4.69, 9.17) is 27.9 Å². The lowest BCUT2D eigenvalue weighted by atomic mass is 9.83. The summed E-state index contributed by atoms with van der Waals surface area (Å²) in [6, 6.07) is 12.1. The minimum absolute atomic E-state index is 0.241. The first-order valence-electron chi connectivity index (χ1n) is 10.6. The zero-order valence-corrected chi connectivity index (χ0v) is 20.6. The van der Waals surface area contributed by atoms with Crippen molar-refractivity contribution < 1.29 is 19.4 Å². The van der Waals surface area contributed by atoms with Crippen molar-refractivity contribution in [2.75, 3.05) is 6.61 Å². The number of ketones is 1. The number of carbonyl (C=O) groups excluding carboxylic acids is 1. The van der Waals surface area contributed by atoms with Crippen LogP contribution in [0.15, 0.2) is 65.0 Å². The average molecular weight is 514 g/mol. The molecule has 4 rings (SSSR count). The van der Waals surface area contributed by atoms with Gasteiger partial charge in [-0.05, 0) is 77.0 Å². The first-order chi connectivity index (χ1) is 16.3. The number of thiophene rings is 1. The maximum absolute atomic E-state index is 13.7. The van der Waals surface area contributed by atoms with Crippen molar-refractivity contribution in [2.45, 2.75) is 25.3 Å². The Morgan fingerprint density at radius 1 is 1.12 bits per heavy atom. The van der Waals surface area contributed by atoms with Gasteiger partial charge in [-0.1, -0.05) is 36.2 Å². The number of ether oxygens (including phenoxy) is 1. The highest BCUT2D eigenvalue weighted by Crippen LogP contribution is 2.36. The number of carbonyl (C=O) groups is 2. The zero-order chi connectivity index (χ0) is 24.3. The van der Waals surface area contributed by atoms with Gasteiger partial charge < -0.3 is 9.84 Å². The zero-order valence-electron chi connectivity index (χ0n) is 18.3. The molecule has 34 heavy (non-hydrogen) atoms. The molecule has 8 heteroatoms. The van der Waals surface area contributed by atoms with Crippen molar-refractivity contribution in [3.63, 3.8) is 0 Å². The fraction of sp³-hybridized carbons (Fsp3) is 0.192. The fourth-order valence-corrected chi connectivity index (χ4v) is 5.04. The number of Topliss-reactive ketones (excluding diaryl/α,β-unsaturated/α-hetero) is 1. The standard InChI is InChI=1S/C26H21Cl2NO4S/c1-2-10-33-22-7-4-16(18-12-23(25(31)32)34-15-18)11-17(22)14-26(8-3-9-29-26)24(30)20-6-5-19(27)13-21(20)28/h3-9,11-13,15H,2,10,14H2,1H3,(H,31,32). The minimum atomic E-state index is -1.18. The number of carboxylic acid groups (broad SMARTS) is 1. The number of allylic oxidation sites excluding steroid dienone is 1. The van der Waals surface area contributed by atoms with Gasteiger partial charge in [0.1, 0.15) is 16.2 Å². The van der Waals surface area contributed by atoms with E-state index >= 15 is 0 Å². The molecule has 1 aliphatic rings. The summed E-state index contributed by atoms with van der Waals surface area (Å²) >= 11 is 13.5. The first kappa shape index (κ1) is 24.2. The van der Waals surface area contributed by atoms with Crippen LogP contribution >= 0.6 is 34.5 Å². The van der Waals surface area contributed by atoms with Crippen LogP contribution in [0.2, 0.25) is 10.0 Å². The Labute approximate surface area is 211 Å². The molecule has 174 valence electrons. The van der Waals surface area contributed by atoms with Crippen LogP contribution in [0.4, 0.5) is 0 Å². The Hall–Kier alpha value is -2.93. The van der Waals surface area contributed by atoms with E-state index in [0.29, 0.717) is 22.9 Å². The van der Waals surface area contributed by atoms with Crippen LogP contribution in [-0.2, 0) is 6.42 Å². The number of carboxylic acids is 1. The molecule has 1 aromatic heterocycles. The van der Waals surface area contributed by atoms with E-state index in [0.717, 1.165) is 23.1 Å². The van der Waals surface area contributed by atoms with Gasteiger partial charge in [0.2, 0.25) is 0 Å². The first-order valence-corrected chi connectivity index (χ1v) is 12.3. The molecule has 5 nitrogen and oxygen atoms in total. The molecule has 0 amide bonds. The van der Waals surface area contributed by atoms with Gasteiger partial charge in [-0.2, -0.15) is 0 Å². The largest absolute Gasteiger partial charge is 0.493 e. The van der Waals surface area contributed by atoms with Crippen molar-refractivity contribution in [2.24, 2.45) is 4.99 Å². The van der Waals surface area contributed by atoms with Crippen LogP contribution in [0, 0.1) is 0 Å². The van der Waals surface area contributed by atoms with Gasteiger partial charge in [0, 0.05) is 23.2 Å². The second-order valence-corrected chi connectivity index (χ2v) is 9.62. The molecule has 0 radical (unpaired) electrons. The topological polar surface area (TPSA) is 76.0 Å². The Kier molecular flexibility index (Phi) is 7.22. The van der Waals surface area contributed by atoms with Crippen molar-refractivity contribution in [3.8, 4) is 16.9 Å². The van der Waals surface area contributed by atoms with E-state index in [1.165, 1.54) is 11.3 Å². The van der Waals surface area contributed by atoms with E-state index in [-0.39, 0.29) is 22.1 Å². The van der Waals surface area contributed by atoms with E-state index in [1.807, 2.05) is 25.1 Å². The molecule has 1 N–H and O–H groups in total. The number of rotatable bonds is 9. The van der Waals surface area contributed by atoms with Crippen molar-refractivity contribution >= 4 is 52.5 Å². The summed E-state index contributed by atoms with van der Waals surface area (Å²) < 4.78 is 5.98. The third kappa shape index (κ3) is 4.94. The third-order valence-electron chi connectivity index (χ3n) is 5.46. The number of aliphatic imine (C=N–C) groups is 1. The van der Waals surface area contributed by atoms with Crippen molar-refractivity contribution in [1.82, 2.24) is 0 Å². The van der Waals surface area contributed by atoms with Crippen LogP contribution < -0.4 is 4.74 Å². The summed E-state index contributed by atoms with van der Waals surface area (Å²) in [4.78, 5) is 29.8. The molecule has 0 aliphatic carbocycles. The van der Waals surface area contributed by atoms with Gasteiger partial charge >= 0.3 is 5.97 Å². The molecule has 2 heterocycles. The lowest BCUT2D eigenvalue weighted by Crippen LogP contribution is -2.36. The van der Waals surface area contributed by atoms with Crippen LogP contribution in [-0.4, -0.2) is 35.2 Å². The number of hydrogen-bond donors (Lipinski definition) is 1.